The van der Waals surface area contributed by atoms with Gasteiger partial charge in [-0.15, -0.1) is 11.3 Å². The number of nitrogens with zero attached hydrogens (tertiary/aromatic N) is 3. The van der Waals surface area contributed by atoms with Crippen LogP contribution >= 0.6 is 11.3 Å². The lowest BCUT2D eigenvalue weighted by atomic mass is 10.0. The van der Waals surface area contributed by atoms with Crippen molar-refractivity contribution < 1.29 is 9.53 Å². The Hall–Kier alpha value is -2.73. The molecule has 0 saturated carbocycles. The van der Waals surface area contributed by atoms with Crippen molar-refractivity contribution in [2.75, 3.05) is 12.0 Å². The number of aromatic nitrogens is 2. The molecule has 2 aromatic heterocycles. The maximum atomic E-state index is 12.6. The van der Waals surface area contributed by atoms with Gasteiger partial charge in [-0.2, -0.15) is 0 Å². The van der Waals surface area contributed by atoms with Gasteiger partial charge in [0.25, 0.3) is 0 Å². The molecule has 0 saturated heterocycles. The maximum absolute atomic E-state index is 12.6. The van der Waals surface area contributed by atoms with Crippen LogP contribution in [0, 0.1) is 0 Å². The summed E-state index contributed by atoms with van der Waals surface area (Å²) in [7, 11) is 1.67. The van der Waals surface area contributed by atoms with Gasteiger partial charge in [0.2, 0.25) is 5.91 Å². The smallest absolute Gasteiger partial charge is 0.227 e. The average molecular weight is 394 g/mol. The lowest BCUT2D eigenvalue weighted by Crippen LogP contribution is -2.36. The topological polar surface area (TPSA) is 55.3 Å². The van der Waals surface area contributed by atoms with E-state index in [1.165, 1.54) is 5.56 Å². The lowest BCUT2D eigenvalue weighted by molar-refractivity contribution is -0.118. The fourth-order valence-corrected chi connectivity index (χ4v) is 4.51. The molecule has 5 nitrogen and oxygen atoms in total. The molecule has 0 fully saturated rings. The molecule has 4 rings (SSSR count). The summed E-state index contributed by atoms with van der Waals surface area (Å²) in [6.45, 7) is 4.10. The molecule has 3 heterocycles. The van der Waals surface area contributed by atoms with Gasteiger partial charge in [0.05, 0.1) is 18.5 Å². The first-order chi connectivity index (χ1) is 13.6. The fraction of sp³-hybridized carbons (Fsp3) is 0.318. The molecule has 1 aromatic carbocycles. The number of pyridine rings is 1. The van der Waals surface area contributed by atoms with Crippen LogP contribution in [-0.4, -0.2) is 29.0 Å². The Bertz CT molecular complexity index is 998. The number of anilines is 1. The van der Waals surface area contributed by atoms with E-state index in [1.54, 1.807) is 30.8 Å². The van der Waals surface area contributed by atoms with Gasteiger partial charge in [-0.1, -0.05) is 0 Å². The first-order valence-electron chi connectivity index (χ1n) is 9.47. The second-order valence-electron chi connectivity index (χ2n) is 7.17. The van der Waals surface area contributed by atoms with Crippen LogP contribution in [0.1, 0.15) is 32.3 Å². The molecule has 28 heavy (non-hydrogen) atoms. The summed E-state index contributed by atoms with van der Waals surface area (Å²) < 4.78 is 5.70. The van der Waals surface area contributed by atoms with E-state index in [0.29, 0.717) is 6.42 Å². The molecule has 0 unspecified atom stereocenters. The number of ether oxygens (including phenoxy) is 1. The Labute approximate surface area is 169 Å². The second-order valence-corrected chi connectivity index (χ2v) is 8.02. The van der Waals surface area contributed by atoms with E-state index < -0.39 is 0 Å². The van der Waals surface area contributed by atoms with E-state index in [0.717, 1.165) is 46.1 Å². The highest BCUT2D eigenvalue weighted by atomic mass is 32.1. The number of aryl methyl sites for hydroxylation is 1. The van der Waals surface area contributed by atoms with Gasteiger partial charge in [0, 0.05) is 47.4 Å². The van der Waals surface area contributed by atoms with Gasteiger partial charge in [-0.3, -0.25) is 9.78 Å². The third-order valence-electron chi connectivity index (χ3n) is 4.99. The molecule has 144 valence electrons. The van der Waals surface area contributed by atoms with Crippen molar-refractivity contribution in [3.8, 4) is 27.6 Å². The minimum absolute atomic E-state index is 0.109. The number of hydrogen-bond acceptors (Lipinski definition) is 5. The molecule has 0 spiro atoms. The summed E-state index contributed by atoms with van der Waals surface area (Å²) in [5.41, 5.74) is 5.05. The number of benzene rings is 1. The number of carbonyl (C=O) groups is 1. The molecule has 1 aliphatic heterocycles. The predicted octanol–water partition coefficient (Wildman–Crippen LogP) is 4.96. The normalized spacial score (nSPS) is 14.1. The predicted molar refractivity (Wildman–Crippen MR) is 113 cm³/mol. The molecular weight excluding hydrogens is 370 g/mol. The minimum Gasteiger partial charge on any atom is -0.496 e. The molecular formula is C22H23N3O2S. The first kappa shape index (κ1) is 18.6. The number of hydrogen-bond donors (Lipinski definition) is 0. The number of methoxy groups -OCH3 is 1. The van der Waals surface area contributed by atoms with E-state index in [-0.39, 0.29) is 11.9 Å². The zero-order valence-corrected chi connectivity index (χ0v) is 17.1. The number of fused-ring (bicyclic) bond motifs is 1. The molecule has 0 N–H and O–H groups in total. The van der Waals surface area contributed by atoms with Crippen molar-refractivity contribution >= 4 is 22.9 Å². The summed E-state index contributed by atoms with van der Waals surface area (Å²) in [5.74, 6) is 0.919. The van der Waals surface area contributed by atoms with Gasteiger partial charge in [0.15, 0.2) is 0 Å². The van der Waals surface area contributed by atoms with Crippen molar-refractivity contribution in [2.24, 2.45) is 0 Å². The average Bonchev–Trinajstić information content (AvgIpc) is 3.12. The summed E-state index contributed by atoms with van der Waals surface area (Å²) >= 11 is 1.61. The molecule has 0 bridgehead atoms. The zero-order valence-electron chi connectivity index (χ0n) is 16.3. The Morgan fingerprint density at radius 1 is 1.18 bits per heavy atom. The van der Waals surface area contributed by atoms with Crippen LogP contribution in [-0.2, 0) is 11.2 Å². The number of rotatable bonds is 4. The standard InChI is InChI=1S/C22H23N3O2S/c1-14(2)25-19-12-20(27-3)17(11-16(19)5-4-6-21(25)26)18-13-28-22(24-18)15-7-9-23-10-8-15/h7-14H,4-6H2,1-3H3. The highest BCUT2D eigenvalue weighted by molar-refractivity contribution is 7.13. The zero-order chi connectivity index (χ0) is 19.7. The van der Waals surface area contributed by atoms with E-state index in [9.17, 15) is 4.79 Å². The van der Waals surface area contributed by atoms with Crippen LogP contribution < -0.4 is 9.64 Å². The molecule has 0 aliphatic carbocycles. The minimum atomic E-state index is 0.109. The lowest BCUT2D eigenvalue weighted by Gasteiger charge is -2.28. The van der Waals surface area contributed by atoms with Crippen molar-refractivity contribution in [1.82, 2.24) is 9.97 Å². The van der Waals surface area contributed by atoms with E-state index in [4.69, 9.17) is 9.72 Å². The summed E-state index contributed by atoms with van der Waals surface area (Å²) in [5, 5.41) is 3.01. The number of thiazole rings is 1. The number of amides is 1. The second kappa shape index (κ2) is 7.72. The van der Waals surface area contributed by atoms with E-state index in [2.05, 4.69) is 30.3 Å². The fourth-order valence-electron chi connectivity index (χ4n) is 3.68. The van der Waals surface area contributed by atoms with Crippen LogP contribution in [0.5, 0.6) is 5.75 Å². The molecule has 1 amide bonds. The first-order valence-corrected chi connectivity index (χ1v) is 10.4. The Morgan fingerprint density at radius 3 is 2.68 bits per heavy atom. The van der Waals surface area contributed by atoms with Gasteiger partial charge in [0.1, 0.15) is 10.8 Å². The van der Waals surface area contributed by atoms with E-state index >= 15 is 0 Å². The van der Waals surface area contributed by atoms with Crippen molar-refractivity contribution in [2.45, 2.75) is 39.2 Å². The monoisotopic (exact) mass is 393 g/mol. The molecule has 3 aromatic rings. The van der Waals surface area contributed by atoms with Gasteiger partial charge >= 0.3 is 0 Å². The Balaban J connectivity index is 1.80. The van der Waals surface area contributed by atoms with Crippen LogP contribution in [0.3, 0.4) is 0 Å². The third-order valence-corrected chi connectivity index (χ3v) is 5.88. The van der Waals surface area contributed by atoms with Crippen LogP contribution in [0.25, 0.3) is 21.8 Å². The summed E-state index contributed by atoms with van der Waals surface area (Å²) in [4.78, 5) is 23.4. The van der Waals surface area contributed by atoms with Gasteiger partial charge in [-0.25, -0.2) is 4.98 Å². The summed E-state index contributed by atoms with van der Waals surface area (Å²) in [6, 6.07) is 8.18. The van der Waals surface area contributed by atoms with Gasteiger partial charge in [-0.05, 0) is 50.5 Å². The number of carbonyl (C=O) groups excluding carboxylic acids is 1. The van der Waals surface area contributed by atoms with Crippen molar-refractivity contribution in [1.29, 1.82) is 0 Å². The summed E-state index contributed by atoms with van der Waals surface area (Å²) in [6.07, 6.45) is 5.87. The van der Waals surface area contributed by atoms with Crippen molar-refractivity contribution in [3.05, 3.63) is 47.6 Å². The van der Waals surface area contributed by atoms with Crippen LogP contribution in [0.15, 0.2) is 42.0 Å². The highest BCUT2D eigenvalue weighted by Crippen LogP contribution is 2.40. The Kier molecular flexibility index (Phi) is 5.13. The maximum Gasteiger partial charge on any atom is 0.227 e. The molecule has 6 heteroatoms. The highest BCUT2D eigenvalue weighted by Gasteiger charge is 2.26. The Morgan fingerprint density at radius 2 is 1.96 bits per heavy atom. The quantitative estimate of drug-likeness (QED) is 0.629. The molecule has 0 atom stereocenters. The SMILES string of the molecule is COc1cc2c(cc1-c1csc(-c3ccncc3)n1)CCCC(=O)N2C(C)C. The van der Waals surface area contributed by atoms with Crippen LogP contribution in [0.2, 0.25) is 0 Å². The van der Waals surface area contributed by atoms with E-state index in [1.807, 2.05) is 23.1 Å². The third kappa shape index (κ3) is 3.40. The largest absolute Gasteiger partial charge is 0.496 e. The molecule has 1 aliphatic rings. The molecule has 0 radical (unpaired) electrons. The van der Waals surface area contributed by atoms with Gasteiger partial charge < -0.3 is 9.64 Å². The van der Waals surface area contributed by atoms with Crippen molar-refractivity contribution in [3.63, 3.8) is 0 Å². The van der Waals surface area contributed by atoms with Crippen LogP contribution in [0.4, 0.5) is 5.69 Å².